The first kappa shape index (κ1) is 15.3. The fraction of sp³-hybridized carbons (Fsp3) is 0.111. The van der Waals surface area contributed by atoms with E-state index >= 15 is 0 Å². The second-order valence-electron chi connectivity index (χ2n) is 5.27. The first-order chi connectivity index (χ1) is 11.1. The number of benzene rings is 1. The first-order valence-electron chi connectivity index (χ1n) is 7.25. The van der Waals surface area contributed by atoms with E-state index in [0.29, 0.717) is 9.75 Å². The Kier molecular flexibility index (Phi) is 4.44. The van der Waals surface area contributed by atoms with Crippen LogP contribution in [-0.4, -0.2) is 10.8 Å². The van der Waals surface area contributed by atoms with Crippen molar-refractivity contribution < 1.29 is 9.52 Å². The maximum Gasteiger partial charge on any atom is 0.259 e. The van der Waals surface area contributed by atoms with Gasteiger partial charge in [-0.25, -0.2) is 0 Å². The van der Waals surface area contributed by atoms with E-state index in [1.165, 1.54) is 6.20 Å². The molecular weight excluding hydrogens is 312 g/mol. The molecule has 0 bridgehead atoms. The number of aromatic amines is 1. The van der Waals surface area contributed by atoms with Crippen LogP contribution in [0.2, 0.25) is 5.02 Å². The number of hydrogen-bond acceptors (Lipinski definition) is 2. The molecule has 5 heteroatoms. The summed E-state index contributed by atoms with van der Waals surface area (Å²) in [6.45, 7) is 0. The number of pyridine rings is 1. The van der Waals surface area contributed by atoms with Crippen LogP contribution >= 0.6 is 11.6 Å². The second-order valence-corrected chi connectivity index (χ2v) is 5.71. The number of ketones is 1. The van der Waals surface area contributed by atoms with Crippen molar-refractivity contribution in [3.05, 3.63) is 94.2 Å². The lowest BCUT2D eigenvalue weighted by Crippen LogP contribution is -2.34. The summed E-state index contributed by atoms with van der Waals surface area (Å²) >= 11 is 6.08. The Hall–Kier alpha value is -2.59. The van der Waals surface area contributed by atoms with Gasteiger partial charge in [-0.15, -0.1) is 0 Å². The summed E-state index contributed by atoms with van der Waals surface area (Å²) in [7, 11) is 0. The Morgan fingerprint density at radius 1 is 1.17 bits per heavy atom. The molecular formula is C18H15ClN2O2. The largest absolute Gasteiger partial charge is 0.618 e. The van der Waals surface area contributed by atoms with Gasteiger partial charge < -0.3 is 10.2 Å². The quantitative estimate of drug-likeness (QED) is 0.441. The molecule has 0 fully saturated rings. The number of halogens is 1. The number of carbonyl (C=O) groups is 1. The van der Waals surface area contributed by atoms with Crippen LogP contribution in [0.15, 0.2) is 67.0 Å². The van der Waals surface area contributed by atoms with Gasteiger partial charge in [0, 0.05) is 41.4 Å². The molecule has 4 nitrogen and oxygen atoms in total. The van der Waals surface area contributed by atoms with Gasteiger partial charge in [-0.1, -0.05) is 23.7 Å². The molecule has 3 rings (SSSR count). The Morgan fingerprint density at radius 2 is 2.04 bits per heavy atom. The van der Waals surface area contributed by atoms with E-state index < -0.39 is 0 Å². The van der Waals surface area contributed by atoms with Crippen LogP contribution < -0.4 is 4.73 Å². The highest BCUT2D eigenvalue weighted by atomic mass is 35.5. The van der Waals surface area contributed by atoms with Crippen molar-refractivity contribution in [2.24, 2.45) is 0 Å². The van der Waals surface area contributed by atoms with E-state index in [1.54, 1.807) is 24.3 Å². The van der Waals surface area contributed by atoms with Crippen molar-refractivity contribution in [2.75, 3.05) is 0 Å². The maximum atomic E-state index is 12.6. The molecule has 0 amide bonds. The van der Waals surface area contributed by atoms with Gasteiger partial charge in [0.05, 0.1) is 0 Å². The zero-order valence-electron chi connectivity index (χ0n) is 12.3. The zero-order chi connectivity index (χ0) is 16.2. The van der Waals surface area contributed by atoms with Crippen LogP contribution in [0.3, 0.4) is 0 Å². The van der Waals surface area contributed by atoms with E-state index in [4.69, 9.17) is 11.6 Å². The molecule has 1 atom stereocenters. The van der Waals surface area contributed by atoms with Gasteiger partial charge in [-0.3, -0.25) is 4.79 Å². The summed E-state index contributed by atoms with van der Waals surface area (Å²) < 4.78 is 0.603. The third-order valence-electron chi connectivity index (χ3n) is 3.75. The number of hydrogen-bond donors (Lipinski definition) is 1. The van der Waals surface area contributed by atoms with Crippen LogP contribution in [-0.2, 0) is 0 Å². The highest BCUT2D eigenvalue weighted by Crippen LogP contribution is 2.29. The number of rotatable bonds is 5. The Labute approximate surface area is 138 Å². The fourth-order valence-corrected chi connectivity index (χ4v) is 2.82. The molecule has 3 aromatic rings. The molecule has 0 saturated carbocycles. The molecule has 0 spiro atoms. The minimum absolute atomic E-state index is 0.145. The van der Waals surface area contributed by atoms with E-state index in [1.807, 2.05) is 36.5 Å². The van der Waals surface area contributed by atoms with Gasteiger partial charge in [0.2, 0.25) is 5.78 Å². The van der Waals surface area contributed by atoms with E-state index in [2.05, 4.69) is 4.98 Å². The molecule has 0 aliphatic heterocycles. The van der Waals surface area contributed by atoms with Gasteiger partial charge in [0.15, 0.2) is 6.20 Å². The molecule has 0 unspecified atom stereocenters. The number of H-pyrrole nitrogens is 1. The highest BCUT2D eigenvalue weighted by molar-refractivity contribution is 6.30. The van der Waals surface area contributed by atoms with Crippen molar-refractivity contribution in [1.82, 2.24) is 4.98 Å². The van der Waals surface area contributed by atoms with Crippen molar-refractivity contribution in [1.29, 1.82) is 0 Å². The SMILES string of the molecule is O=C(C[C@H](c1cccc(Cl)c1)c1ccc[nH]1)c1cccc[n+]1[O-]. The monoisotopic (exact) mass is 326 g/mol. The van der Waals surface area contributed by atoms with E-state index in [9.17, 15) is 10.0 Å². The zero-order valence-corrected chi connectivity index (χ0v) is 13.0. The topological polar surface area (TPSA) is 59.8 Å². The highest BCUT2D eigenvalue weighted by Gasteiger charge is 2.24. The van der Waals surface area contributed by atoms with Crippen LogP contribution in [0, 0.1) is 5.21 Å². The minimum atomic E-state index is -0.208. The number of carbonyl (C=O) groups excluding carboxylic acids is 1. The number of aromatic nitrogens is 2. The van der Waals surface area contributed by atoms with Crippen molar-refractivity contribution >= 4 is 17.4 Å². The molecule has 1 aromatic carbocycles. The molecule has 0 saturated heterocycles. The molecule has 23 heavy (non-hydrogen) atoms. The van der Waals surface area contributed by atoms with Gasteiger partial charge in [-0.2, -0.15) is 4.73 Å². The van der Waals surface area contributed by atoms with Crippen molar-refractivity contribution in [2.45, 2.75) is 12.3 Å². The third kappa shape index (κ3) is 3.43. The Balaban J connectivity index is 1.94. The van der Waals surface area contributed by atoms with Crippen molar-refractivity contribution in [3.8, 4) is 0 Å². The number of nitrogens with zero attached hydrogens (tertiary/aromatic N) is 1. The molecule has 0 aliphatic rings. The van der Waals surface area contributed by atoms with Crippen LogP contribution in [0.1, 0.15) is 34.1 Å². The van der Waals surface area contributed by atoms with Crippen LogP contribution in [0.4, 0.5) is 0 Å². The average Bonchev–Trinajstić information content (AvgIpc) is 3.07. The molecule has 2 heterocycles. The summed E-state index contributed by atoms with van der Waals surface area (Å²) in [5.74, 6) is -0.392. The van der Waals surface area contributed by atoms with Gasteiger partial charge in [-0.05, 0) is 35.9 Å². The second kappa shape index (κ2) is 6.67. The summed E-state index contributed by atoms with van der Waals surface area (Å²) in [5.41, 5.74) is 1.99. The molecule has 0 radical (unpaired) electrons. The average molecular weight is 327 g/mol. The van der Waals surface area contributed by atoms with Gasteiger partial charge >= 0.3 is 0 Å². The lowest BCUT2D eigenvalue weighted by atomic mass is 9.90. The summed E-state index contributed by atoms with van der Waals surface area (Å²) in [5, 5.41) is 12.4. The molecule has 116 valence electrons. The van der Waals surface area contributed by atoms with Gasteiger partial charge in [0.25, 0.3) is 5.69 Å². The predicted octanol–water partition coefficient (Wildman–Crippen LogP) is 3.71. The predicted molar refractivity (Wildman–Crippen MR) is 88.4 cm³/mol. The standard InChI is InChI=1S/C18H15ClN2O2/c19-14-6-3-5-13(11-14)15(16-7-4-9-20-16)12-18(22)17-8-1-2-10-21(17)23/h1-11,15,20H,12H2/t15-/m1/s1. The summed E-state index contributed by atoms with van der Waals surface area (Å²) in [4.78, 5) is 15.7. The lowest BCUT2D eigenvalue weighted by Gasteiger charge is -2.16. The summed E-state index contributed by atoms with van der Waals surface area (Å²) in [6, 6.07) is 16.1. The van der Waals surface area contributed by atoms with E-state index in [-0.39, 0.29) is 23.8 Å². The van der Waals surface area contributed by atoms with Crippen LogP contribution in [0.5, 0.6) is 0 Å². The molecule has 0 aliphatic carbocycles. The first-order valence-corrected chi connectivity index (χ1v) is 7.63. The van der Waals surface area contributed by atoms with Crippen LogP contribution in [0.25, 0.3) is 0 Å². The van der Waals surface area contributed by atoms with Crippen molar-refractivity contribution in [3.63, 3.8) is 0 Å². The van der Waals surface area contributed by atoms with E-state index in [0.717, 1.165) is 11.3 Å². The minimum Gasteiger partial charge on any atom is -0.618 e. The molecule has 1 N–H and O–H groups in total. The Bertz CT molecular complexity index is 815. The number of Topliss-reactive ketones (excluding diaryl/α,β-unsaturated/α-hetero) is 1. The normalized spacial score (nSPS) is 12.0. The Morgan fingerprint density at radius 3 is 2.74 bits per heavy atom. The smallest absolute Gasteiger partial charge is 0.259 e. The number of nitrogens with one attached hydrogen (secondary N) is 1. The summed E-state index contributed by atoms with van der Waals surface area (Å²) in [6.07, 6.45) is 3.33. The molecule has 2 aromatic heterocycles. The third-order valence-corrected chi connectivity index (χ3v) is 3.98. The lowest BCUT2D eigenvalue weighted by molar-refractivity contribution is -0.607. The van der Waals surface area contributed by atoms with Gasteiger partial charge in [0.1, 0.15) is 0 Å². The fourth-order valence-electron chi connectivity index (χ4n) is 2.63. The maximum absolute atomic E-state index is 12.6.